The summed E-state index contributed by atoms with van der Waals surface area (Å²) in [4.78, 5) is 14.9. The molecule has 0 saturated carbocycles. The molecule has 0 aliphatic carbocycles. The summed E-state index contributed by atoms with van der Waals surface area (Å²) >= 11 is 0. The van der Waals surface area contributed by atoms with Crippen LogP contribution in [0.5, 0.6) is 0 Å². The first kappa shape index (κ1) is 16.2. The van der Waals surface area contributed by atoms with Crippen molar-refractivity contribution in [3.63, 3.8) is 0 Å². The fraction of sp³-hybridized carbons (Fsp3) is 0.350. The number of hydrogen-bond donors (Lipinski definition) is 1. The van der Waals surface area contributed by atoms with Crippen molar-refractivity contribution >= 4 is 5.91 Å². The zero-order chi connectivity index (χ0) is 17.4. The Morgan fingerprint density at radius 3 is 2.64 bits per heavy atom. The molecular weight excluding hydrogens is 319 g/mol. The van der Waals surface area contributed by atoms with Gasteiger partial charge >= 0.3 is 0 Å². The van der Waals surface area contributed by atoms with E-state index in [1.807, 2.05) is 23.1 Å². The molecule has 0 aromatic heterocycles. The maximum Gasteiger partial charge on any atom is 0.252 e. The van der Waals surface area contributed by atoms with E-state index in [0.717, 1.165) is 17.5 Å². The summed E-state index contributed by atoms with van der Waals surface area (Å²) in [5, 5.41) is 0. The van der Waals surface area contributed by atoms with Crippen LogP contribution in [0.2, 0.25) is 0 Å². The Bertz CT molecular complexity index is 778. The highest BCUT2D eigenvalue weighted by atomic mass is 19.1. The smallest absolute Gasteiger partial charge is 0.252 e. The third-order valence-corrected chi connectivity index (χ3v) is 5.06. The van der Waals surface area contributed by atoms with Crippen molar-refractivity contribution < 1.29 is 13.9 Å². The number of carbonyl (C=O) groups excluding carboxylic acids is 1. The molecule has 4 rings (SSSR count). The van der Waals surface area contributed by atoms with Gasteiger partial charge in [0.15, 0.2) is 0 Å². The van der Waals surface area contributed by atoms with Crippen LogP contribution in [0, 0.1) is 5.82 Å². The lowest BCUT2D eigenvalue weighted by atomic mass is 9.87. The van der Waals surface area contributed by atoms with Gasteiger partial charge in [-0.1, -0.05) is 36.4 Å². The van der Waals surface area contributed by atoms with Crippen molar-refractivity contribution in [1.29, 1.82) is 0 Å². The van der Waals surface area contributed by atoms with Crippen molar-refractivity contribution in [1.82, 2.24) is 4.90 Å². The molecule has 4 nitrogen and oxygen atoms in total. The van der Waals surface area contributed by atoms with Crippen LogP contribution < -0.4 is 5.73 Å². The predicted molar refractivity (Wildman–Crippen MR) is 92.4 cm³/mol. The molecule has 2 aliphatic rings. The number of halogens is 1. The molecule has 0 unspecified atom stereocenters. The lowest BCUT2D eigenvalue weighted by Crippen LogP contribution is -2.45. The van der Waals surface area contributed by atoms with Gasteiger partial charge in [0.05, 0.1) is 12.6 Å². The maximum atomic E-state index is 13.4. The monoisotopic (exact) mass is 340 g/mol. The first-order chi connectivity index (χ1) is 12.1. The second-order valence-electron chi connectivity index (χ2n) is 6.75. The lowest BCUT2D eigenvalue weighted by Gasteiger charge is -2.39. The van der Waals surface area contributed by atoms with Crippen molar-refractivity contribution in [2.45, 2.75) is 31.0 Å². The summed E-state index contributed by atoms with van der Waals surface area (Å²) in [6.07, 6.45) is 0.870. The molecule has 3 atom stereocenters. The third-order valence-electron chi connectivity index (χ3n) is 5.06. The van der Waals surface area contributed by atoms with Gasteiger partial charge in [-0.15, -0.1) is 0 Å². The van der Waals surface area contributed by atoms with Crippen LogP contribution >= 0.6 is 0 Å². The summed E-state index contributed by atoms with van der Waals surface area (Å²) in [6.45, 7) is 1.04. The standard InChI is InChI=1S/C20H21FN2O2/c21-15-7-5-14(6-8-15)19-17-4-2-1-3-13(17)9-10-23(19)20(24)18-11-16(22)12-25-18/h1-8,16,18-19H,9-12,22H2/t16-,18-,19+/m1/s1. The van der Waals surface area contributed by atoms with Gasteiger partial charge in [-0.25, -0.2) is 4.39 Å². The Morgan fingerprint density at radius 1 is 1.16 bits per heavy atom. The fourth-order valence-electron chi connectivity index (χ4n) is 3.82. The van der Waals surface area contributed by atoms with E-state index in [-0.39, 0.29) is 23.8 Å². The summed E-state index contributed by atoms with van der Waals surface area (Å²) < 4.78 is 19.0. The second-order valence-corrected chi connectivity index (χ2v) is 6.75. The molecule has 2 N–H and O–H groups in total. The van der Waals surface area contributed by atoms with Crippen LogP contribution in [0.15, 0.2) is 48.5 Å². The van der Waals surface area contributed by atoms with Crippen molar-refractivity contribution in [3.05, 3.63) is 71.0 Å². The highest BCUT2D eigenvalue weighted by molar-refractivity contribution is 5.82. The number of nitrogens with two attached hydrogens (primary N) is 1. The lowest BCUT2D eigenvalue weighted by molar-refractivity contribution is -0.143. The molecule has 1 fully saturated rings. The average molecular weight is 340 g/mol. The van der Waals surface area contributed by atoms with E-state index in [1.165, 1.54) is 17.7 Å². The second kappa shape index (κ2) is 6.58. The molecule has 2 aromatic rings. The van der Waals surface area contributed by atoms with E-state index < -0.39 is 6.10 Å². The molecule has 5 heteroatoms. The molecule has 0 radical (unpaired) electrons. The van der Waals surface area contributed by atoms with Crippen LogP contribution in [-0.4, -0.2) is 36.1 Å². The molecule has 2 heterocycles. The minimum absolute atomic E-state index is 0.0308. The largest absolute Gasteiger partial charge is 0.367 e. The fourth-order valence-corrected chi connectivity index (χ4v) is 3.82. The van der Waals surface area contributed by atoms with E-state index in [1.54, 1.807) is 12.1 Å². The zero-order valence-corrected chi connectivity index (χ0v) is 13.9. The molecule has 1 saturated heterocycles. The number of hydrogen-bond acceptors (Lipinski definition) is 3. The molecule has 0 spiro atoms. The topological polar surface area (TPSA) is 55.6 Å². The molecule has 2 aliphatic heterocycles. The summed E-state index contributed by atoms with van der Waals surface area (Å²) in [5.74, 6) is -0.312. The number of rotatable bonds is 2. The number of carbonyl (C=O) groups is 1. The summed E-state index contributed by atoms with van der Waals surface area (Å²) in [5.41, 5.74) is 9.12. The quantitative estimate of drug-likeness (QED) is 0.913. The first-order valence-electron chi connectivity index (χ1n) is 8.64. The Hall–Kier alpha value is -2.24. The molecule has 1 amide bonds. The molecular formula is C20H21FN2O2. The van der Waals surface area contributed by atoms with Crippen molar-refractivity contribution in [2.75, 3.05) is 13.2 Å². The van der Waals surface area contributed by atoms with Crippen LogP contribution in [0.4, 0.5) is 4.39 Å². The van der Waals surface area contributed by atoms with Gasteiger partial charge in [0, 0.05) is 12.6 Å². The number of benzene rings is 2. The maximum absolute atomic E-state index is 13.4. The first-order valence-corrected chi connectivity index (χ1v) is 8.64. The molecule has 130 valence electrons. The van der Waals surface area contributed by atoms with Gasteiger partial charge in [0.25, 0.3) is 5.91 Å². The highest BCUT2D eigenvalue weighted by Gasteiger charge is 2.38. The van der Waals surface area contributed by atoms with Gasteiger partial charge in [-0.2, -0.15) is 0 Å². The van der Waals surface area contributed by atoms with Crippen LogP contribution in [-0.2, 0) is 16.0 Å². The number of ether oxygens (including phenoxy) is 1. The van der Waals surface area contributed by atoms with Crippen molar-refractivity contribution in [2.24, 2.45) is 5.73 Å². The van der Waals surface area contributed by atoms with Crippen LogP contribution in [0.1, 0.15) is 29.2 Å². The van der Waals surface area contributed by atoms with E-state index >= 15 is 0 Å². The number of amides is 1. The Balaban J connectivity index is 1.72. The van der Waals surface area contributed by atoms with Crippen LogP contribution in [0.25, 0.3) is 0 Å². The van der Waals surface area contributed by atoms with E-state index in [2.05, 4.69) is 6.07 Å². The Labute approximate surface area is 146 Å². The van der Waals surface area contributed by atoms with E-state index in [4.69, 9.17) is 10.5 Å². The minimum Gasteiger partial charge on any atom is -0.367 e. The molecule has 25 heavy (non-hydrogen) atoms. The van der Waals surface area contributed by atoms with E-state index in [9.17, 15) is 9.18 Å². The number of nitrogens with zero attached hydrogens (tertiary/aromatic N) is 1. The SMILES string of the molecule is N[C@H]1CO[C@@H](C(=O)N2CCc3ccccc3[C@@H]2c2ccc(F)cc2)C1. The minimum atomic E-state index is -0.483. The highest BCUT2D eigenvalue weighted by Crippen LogP contribution is 2.36. The zero-order valence-electron chi connectivity index (χ0n) is 13.9. The van der Waals surface area contributed by atoms with Crippen LogP contribution in [0.3, 0.4) is 0 Å². The molecule has 2 aromatic carbocycles. The van der Waals surface area contributed by atoms with E-state index in [0.29, 0.717) is 19.6 Å². The average Bonchev–Trinajstić information content (AvgIpc) is 3.07. The van der Waals surface area contributed by atoms with Gasteiger partial charge in [-0.05, 0) is 41.7 Å². The van der Waals surface area contributed by atoms with Gasteiger partial charge < -0.3 is 15.4 Å². The Kier molecular flexibility index (Phi) is 4.27. The number of fused-ring (bicyclic) bond motifs is 1. The normalized spacial score (nSPS) is 25.7. The summed E-state index contributed by atoms with van der Waals surface area (Å²) in [7, 11) is 0. The van der Waals surface area contributed by atoms with Gasteiger partial charge in [0.2, 0.25) is 0 Å². The predicted octanol–water partition coefficient (Wildman–Crippen LogP) is 2.42. The van der Waals surface area contributed by atoms with Gasteiger partial charge in [0.1, 0.15) is 11.9 Å². The molecule has 0 bridgehead atoms. The van der Waals surface area contributed by atoms with Gasteiger partial charge in [-0.3, -0.25) is 4.79 Å². The third kappa shape index (κ3) is 3.05. The Morgan fingerprint density at radius 2 is 1.92 bits per heavy atom. The summed E-state index contributed by atoms with van der Waals surface area (Å²) in [6, 6.07) is 14.2. The van der Waals surface area contributed by atoms with Crippen molar-refractivity contribution in [3.8, 4) is 0 Å².